The van der Waals surface area contributed by atoms with E-state index < -0.39 is 0 Å². The molecule has 2 nitrogen and oxygen atoms in total. The highest BCUT2D eigenvalue weighted by Crippen LogP contribution is 2.21. The zero-order valence-corrected chi connectivity index (χ0v) is 8.33. The third-order valence-electron chi connectivity index (χ3n) is 1.41. The summed E-state index contributed by atoms with van der Waals surface area (Å²) < 4.78 is 0. The van der Waals surface area contributed by atoms with Crippen LogP contribution in [-0.4, -0.2) is 15.6 Å². The van der Waals surface area contributed by atoms with E-state index in [1.165, 1.54) is 6.92 Å². The fourth-order valence-corrected chi connectivity index (χ4v) is 1.66. The number of hydrogen-bond donors (Lipinski definition) is 0. The van der Waals surface area contributed by atoms with E-state index in [1.807, 2.05) is 6.92 Å². The van der Waals surface area contributed by atoms with Gasteiger partial charge < -0.3 is 0 Å². The van der Waals surface area contributed by atoms with Gasteiger partial charge in [0.1, 0.15) is 0 Å². The smallest absolute Gasteiger partial charge is 0.225 e. The van der Waals surface area contributed by atoms with Crippen molar-refractivity contribution in [2.45, 2.75) is 26.0 Å². The molecule has 11 heavy (non-hydrogen) atoms. The summed E-state index contributed by atoms with van der Waals surface area (Å²) in [5, 5.41) is -0.397. The average molecular weight is 195 g/mol. The molecule has 64 valence electrons. The first-order valence-corrected chi connectivity index (χ1v) is 4.57. The van der Waals surface area contributed by atoms with Crippen molar-refractivity contribution in [3.63, 3.8) is 0 Å². The molecule has 0 aromatic rings. The molecule has 2 unspecified atom stereocenters. The Kier molecular flexibility index (Phi) is 4.77. The van der Waals surface area contributed by atoms with Crippen LogP contribution in [0.15, 0.2) is 0 Å². The van der Waals surface area contributed by atoms with Crippen LogP contribution in [0.3, 0.4) is 0 Å². The van der Waals surface area contributed by atoms with Crippen LogP contribution in [0.1, 0.15) is 20.8 Å². The molecule has 2 atom stereocenters. The maximum atomic E-state index is 10.6. The Balaban J connectivity index is 3.92. The highest BCUT2D eigenvalue weighted by molar-refractivity contribution is 8.14. The number of rotatable bonds is 3. The summed E-state index contributed by atoms with van der Waals surface area (Å²) in [5.74, 6) is -0.259. The Morgan fingerprint density at radius 1 is 1.36 bits per heavy atom. The quantitative estimate of drug-likeness (QED) is 0.645. The monoisotopic (exact) mass is 194 g/mol. The molecular weight excluding hydrogens is 184 g/mol. The van der Waals surface area contributed by atoms with Crippen LogP contribution in [0.2, 0.25) is 0 Å². The number of carbonyl (C=O) groups excluding carboxylic acids is 2. The molecule has 0 radical (unpaired) electrons. The lowest BCUT2D eigenvalue weighted by Crippen LogP contribution is -2.17. The van der Waals surface area contributed by atoms with Crippen molar-refractivity contribution in [2.75, 3.05) is 0 Å². The van der Waals surface area contributed by atoms with Gasteiger partial charge >= 0.3 is 0 Å². The molecular formula is C7H11ClO2S. The van der Waals surface area contributed by atoms with Crippen molar-refractivity contribution >= 4 is 33.7 Å². The molecule has 0 amide bonds. The SMILES string of the molecule is CC(=O)SC(C)C(C)C(=O)Cl. The molecule has 0 aliphatic heterocycles. The Morgan fingerprint density at radius 3 is 2.09 bits per heavy atom. The summed E-state index contributed by atoms with van der Waals surface area (Å²) in [6, 6.07) is 0. The minimum Gasteiger partial charge on any atom is -0.288 e. The zero-order valence-electron chi connectivity index (χ0n) is 6.76. The van der Waals surface area contributed by atoms with Crippen molar-refractivity contribution in [3.8, 4) is 0 Å². The zero-order chi connectivity index (χ0) is 9.02. The molecule has 0 fully saturated rings. The molecule has 0 saturated carbocycles. The van der Waals surface area contributed by atoms with Crippen molar-refractivity contribution in [2.24, 2.45) is 5.92 Å². The summed E-state index contributed by atoms with van der Waals surface area (Å²) in [5.41, 5.74) is 0. The molecule has 0 aromatic carbocycles. The van der Waals surface area contributed by atoms with E-state index in [2.05, 4.69) is 0 Å². The van der Waals surface area contributed by atoms with Gasteiger partial charge in [-0.05, 0) is 11.6 Å². The lowest BCUT2D eigenvalue weighted by Gasteiger charge is -2.12. The Morgan fingerprint density at radius 2 is 1.82 bits per heavy atom. The summed E-state index contributed by atoms with van der Waals surface area (Å²) in [6.45, 7) is 5.01. The van der Waals surface area contributed by atoms with E-state index in [9.17, 15) is 9.59 Å². The Hall–Kier alpha value is -0.0200. The van der Waals surface area contributed by atoms with Crippen molar-refractivity contribution in [1.29, 1.82) is 0 Å². The fourth-order valence-electron chi connectivity index (χ4n) is 0.548. The molecule has 0 rings (SSSR count). The first-order chi connectivity index (χ1) is 4.95. The van der Waals surface area contributed by atoms with Crippen LogP contribution in [0, 0.1) is 5.92 Å². The van der Waals surface area contributed by atoms with Crippen LogP contribution >= 0.6 is 23.4 Å². The molecule has 0 spiro atoms. The summed E-state index contributed by atoms with van der Waals surface area (Å²) in [6.07, 6.45) is 0. The third kappa shape index (κ3) is 4.43. The van der Waals surface area contributed by atoms with E-state index in [1.54, 1.807) is 6.92 Å². The van der Waals surface area contributed by atoms with Gasteiger partial charge in [0.2, 0.25) is 5.24 Å². The van der Waals surface area contributed by atoms with Gasteiger partial charge in [-0.1, -0.05) is 25.6 Å². The van der Waals surface area contributed by atoms with E-state index in [0.29, 0.717) is 0 Å². The molecule has 0 aromatic heterocycles. The van der Waals surface area contributed by atoms with Gasteiger partial charge in [0.25, 0.3) is 0 Å². The molecule has 0 N–H and O–H groups in total. The highest BCUT2D eigenvalue weighted by atomic mass is 35.5. The predicted octanol–water partition coefficient (Wildman–Crippen LogP) is 2.06. The van der Waals surface area contributed by atoms with Gasteiger partial charge in [-0.2, -0.15) is 0 Å². The first-order valence-electron chi connectivity index (χ1n) is 3.31. The van der Waals surface area contributed by atoms with Gasteiger partial charge in [-0.15, -0.1) is 0 Å². The lowest BCUT2D eigenvalue weighted by molar-refractivity contribution is -0.114. The predicted molar refractivity (Wildman–Crippen MR) is 47.8 cm³/mol. The minimum absolute atomic E-state index is 0.0160. The second-order valence-electron chi connectivity index (χ2n) is 2.41. The van der Waals surface area contributed by atoms with E-state index in [-0.39, 0.29) is 21.5 Å². The van der Waals surface area contributed by atoms with Gasteiger partial charge in [-0.3, -0.25) is 9.59 Å². The van der Waals surface area contributed by atoms with Crippen LogP contribution in [0.25, 0.3) is 0 Å². The Labute approximate surface area is 75.7 Å². The molecule has 0 saturated heterocycles. The van der Waals surface area contributed by atoms with Crippen molar-refractivity contribution in [1.82, 2.24) is 0 Å². The van der Waals surface area contributed by atoms with Crippen molar-refractivity contribution in [3.05, 3.63) is 0 Å². The Bertz CT molecular complexity index is 170. The van der Waals surface area contributed by atoms with E-state index in [0.717, 1.165) is 11.8 Å². The molecule has 0 bridgehead atoms. The number of carbonyl (C=O) groups is 2. The largest absolute Gasteiger partial charge is 0.288 e. The summed E-state index contributed by atoms with van der Waals surface area (Å²) >= 11 is 6.39. The fraction of sp³-hybridized carbons (Fsp3) is 0.714. The van der Waals surface area contributed by atoms with E-state index in [4.69, 9.17) is 11.6 Å². The maximum absolute atomic E-state index is 10.6. The lowest BCUT2D eigenvalue weighted by atomic mass is 10.1. The van der Waals surface area contributed by atoms with Crippen molar-refractivity contribution < 1.29 is 9.59 Å². The van der Waals surface area contributed by atoms with Gasteiger partial charge in [0.05, 0.1) is 0 Å². The normalized spacial score (nSPS) is 15.6. The standard InChI is InChI=1S/C7H11ClO2S/c1-4(7(8)10)5(2)11-6(3)9/h4-5H,1-3H3. The third-order valence-corrected chi connectivity index (χ3v) is 2.87. The molecule has 0 heterocycles. The van der Waals surface area contributed by atoms with E-state index >= 15 is 0 Å². The number of hydrogen-bond acceptors (Lipinski definition) is 3. The van der Waals surface area contributed by atoms with Crippen LogP contribution < -0.4 is 0 Å². The van der Waals surface area contributed by atoms with Crippen LogP contribution in [0.5, 0.6) is 0 Å². The minimum atomic E-state index is -0.383. The first kappa shape index (κ1) is 11.0. The van der Waals surface area contributed by atoms with Gasteiger partial charge in [-0.25, -0.2) is 0 Å². The summed E-state index contributed by atoms with van der Waals surface area (Å²) in [7, 11) is 0. The molecule has 0 aliphatic carbocycles. The van der Waals surface area contributed by atoms with Crippen LogP contribution in [-0.2, 0) is 9.59 Å². The van der Waals surface area contributed by atoms with Crippen LogP contribution in [0.4, 0.5) is 0 Å². The number of thioether (sulfide) groups is 1. The van der Waals surface area contributed by atoms with Gasteiger partial charge in [0, 0.05) is 18.1 Å². The molecule has 0 aliphatic rings. The second-order valence-corrected chi connectivity index (χ2v) is 4.33. The highest BCUT2D eigenvalue weighted by Gasteiger charge is 2.19. The second kappa shape index (κ2) is 4.78. The van der Waals surface area contributed by atoms with Gasteiger partial charge in [0.15, 0.2) is 5.12 Å². The average Bonchev–Trinajstić information content (AvgIpc) is 1.84. The topological polar surface area (TPSA) is 34.1 Å². The molecule has 4 heteroatoms. The number of halogens is 1. The summed E-state index contributed by atoms with van der Waals surface area (Å²) in [4.78, 5) is 21.2. The maximum Gasteiger partial charge on any atom is 0.225 e.